The summed E-state index contributed by atoms with van der Waals surface area (Å²) in [5.74, 6) is 0. The molecule has 1 unspecified atom stereocenters. The fourth-order valence-corrected chi connectivity index (χ4v) is 5.09. The zero-order valence-electron chi connectivity index (χ0n) is 21.7. The van der Waals surface area contributed by atoms with Crippen LogP contribution in [0.1, 0.15) is 53.6 Å². The SMILES string of the molecule is CC(c1cccc2ccccc12)N(CCCc1cccc(C(F)(F)F)c1)CCCc1cccc(C(F)(F)F)c1. The Morgan fingerprint density at radius 3 is 1.64 bits per heavy atom. The molecule has 0 aliphatic rings. The second-order valence-corrected chi connectivity index (χ2v) is 9.88. The van der Waals surface area contributed by atoms with Crippen molar-refractivity contribution < 1.29 is 26.3 Å². The summed E-state index contributed by atoms with van der Waals surface area (Å²) in [5, 5.41) is 2.25. The van der Waals surface area contributed by atoms with Crippen molar-refractivity contribution in [1.29, 1.82) is 0 Å². The summed E-state index contributed by atoms with van der Waals surface area (Å²) in [7, 11) is 0. The van der Waals surface area contributed by atoms with E-state index in [4.69, 9.17) is 0 Å². The number of nitrogens with zero attached hydrogens (tertiary/aromatic N) is 1. The molecule has 0 aliphatic heterocycles. The average molecular weight is 544 g/mol. The van der Waals surface area contributed by atoms with Crippen molar-refractivity contribution in [2.24, 2.45) is 0 Å². The van der Waals surface area contributed by atoms with Crippen molar-refractivity contribution in [3.8, 4) is 0 Å². The Hall–Kier alpha value is -3.32. The van der Waals surface area contributed by atoms with E-state index < -0.39 is 23.5 Å². The predicted molar refractivity (Wildman–Crippen MR) is 143 cm³/mol. The van der Waals surface area contributed by atoms with Crippen LogP contribution in [0.5, 0.6) is 0 Å². The third kappa shape index (κ3) is 7.63. The molecular formula is C32H31F6N. The zero-order chi connectivity index (χ0) is 28.0. The fourth-order valence-electron chi connectivity index (χ4n) is 5.09. The highest BCUT2D eigenvalue weighted by molar-refractivity contribution is 5.86. The largest absolute Gasteiger partial charge is 0.416 e. The summed E-state index contributed by atoms with van der Waals surface area (Å²) >= 11 is 0. The minimum absolute atomic E-state index is 0.0131. The van der Waals surface area contributed by atoms with Gasteiger partial charge in [-0.2, -0.15) is 26.3 Å². The van der Waals surface area contributed by atoms with Crippen LogP contribution in [0.3, 0.4) is 0 Å². The van der Waals surface area contributed by atoms with E-state index in [1.165, 1.54) is 24.3 Å². The van der Waals surface area contributed by atoms with Gasteiger partial charge in [0.05, 0.1) is 11.1 Å². The molecule has 206 valence electrons. The number of hydrogen-bond donors (Lipinski definition) is 0. The first-order valence-corrected chi connectivity index (χ1v) is 13.1. The van der Waals surface area contributed by atoms with Crippen molar-refractivity contribution >= 4 is 10.8 Å². The molecule has 0 aromatic heterocycles. The van der Waals surface area contributed by atoms with Crippen molar-refractivity contribution in [3.63, 3.8) is 0 Å². The standard InChI is InChI=1S/C32H31F6N/c1-23(29-18-6-14-26-13-2-3-17-30(26)29)39(19-7-11-24-9-4-15-27(21-24)31(33,34)35)20-8-12-25-10-5-16-28(22-25)32(36,37)38/h2-6,9-10,13-18,21-23H,7-8,11-12,19-20H2,1H3. The van der Waals surface area contributed by atoms with E-state index in [1.54, 1.807) is 12.1 Å². The van der Waals surface area contributed by atoms with Crippen molar-refractivity contribution in [1.82, 2.24) is 4.90 Å². The molecule has 4 aromatic carbocycles. The molecule has 0 amide bonds. The summed E-state index contributed by atoms with van der Waals surface area (Å²) in [4.78, 5) is 2.28. The highest BCUT2D eigenvalue weighted by Crippen LogP contribution is 2.32. The first-order valence-electron chi connectivity index (χ1n) is 13.1. The van der Waals surface area contributed by atoms with Gasteiger partial charge in [0.2, 0.25) is 0 Å². The molecular weight excluding hydrogens is 512 g/mol. The van der Waals surface area contributed by atoms with Crippen molar-refractivity contribution in [3.05, 3.63) is 119 Å². The minimum Gasteiger partial charge on any atom is -0.297 e. The fraction of sp³-hybridized carbons (Fsp3) is 0.312. The Bertz CT molecular complexity index is 1310. The molecule has 0 radical (unpaired) electrons. The zero-order valence-corrected chi connectivity index (χ0v) is 21.7. The molecule has 0 spiro atoms. The Balaban J connectivity index is 1.49. The van der Waals surface area contributed by atoms with Crippen LogP contribution < -0.4 is 0 Å². The topological polar surface area (TPSA) is 3.24 Å². The number of alkyl halides is 6. The molecule has 0 saturated heterocycles. The highest BCUT2D eigenvalue weighted by atomic mass is 19.4. The van der Waals surface area contributed by atoms with Gasteiger partial charge in [-0.25, -0.2) is 0 Å². The van der Waals surface area contributed by atoms with Gasteiger partial charge in [-0.3, -0.25) is 4.90 Å². The van der Waals surface area contributed by atoms with Gasteiger partial charge >= 0.3 is 12.4 Å². The molecule has 4 rings (SSSR count). The highest BCUT2D eigenvalue weighted by Gasteiger charge is 2.31. The summed E-state index contributed by atoms with van der Waals surface area (Å²) in [6.07, 6.45) is -6.46. The van der Waals surface area contributed by atoms with E-state index in [-0.39, 0.29) is 6.04 Å². The van der Waals surface area contributed by atoms with Crippen LogP contribution in [0.15, 0.2) is 91.0 Å². The van der Waals surface area contributed by atoms with E-state index in [0.29, 0.717) is 49.9 Å². The minimum atomic E-state index is -4.38. The number of hydrogen-bond acceptors (Lipinski definition) is 1. The Morgan fingerprint density at radius 1 is 0.615 bits per heavy atom. The molecule has 1 atom stereocenters. The summed E-state index contributed by atoms with van der Waals surface area (Å²) in [6.45, 7) is 3.39. The lowest BCUT2D eigenvalue weighted by Gasteiger charge is -2.30. The Labute approximate surface area is 225 Å². The number of benzene rings is 4. The van der Waals surface area contributed by atoms with Crippen LogP contribution in [-0.4, -0.2) is 18.0 Å². The predicted octanol–water partition coefficient (Wildman–Crippen LogP) is 9.51. The van der Waals surface area contributed by atoms with Gasteiger partial charge in [0, 0.05) is 6.04 Å². The van der Waals surface area contributed by atoms with Gasteiger partial charge in [0.1, 0.15) is 0 Å². The lowest BCUT2D eigenvalue weighted by molar-refractivity contribution is -0.138. The Kier molecular flexibility index (Phi) is 9.01. The second-order valence-electron chi connectivity index (χ2n) is 9.88. The van der Waals surface area contributed by atoms with E-state index in [2.05, 4.69) is 36.1 Å². The molecule has 0 saturated carbocycles. The maximum absolute atomic E-state index is 13.1. The summed E-state index contributed by atoms with van der Waals surface area (Å²) < 4.78 is 78.8. The first kappa shape index (κ1) is 28.7. The second kappa shape index (κ2) is 12.2. The van der Waals surface area contributed by atoms with E-state index in [0.717, 1.165) is 28.5 Å². The van der Waals surface area contributed by atoms with Gasteiger partial charge < -0.3 is 0 Å². The van der Waals surface area contributed by atoms with Crippen LogP contribution in [0.2, 0.25) is 0 Å². The quantitative estimate of drug-likeness (QED) is 0.180. The number of fused-ring (bicyclic) bond motifs is 1. The molecule has 39 heavy (non-hydrogen) atoms. The lowest BCUT2D eigenvalue weighted by Crippen LogP contribution is -2.30. The summed E-state index contributed by atoms with van der Waals surface area (Å²) in [5.41, 5.74) is 1.11. The third-order valence-corrected chi connectivity index (χ3v) is 7.15. The molecule has 1 nitrogen and oxygen atoms in total. The van der Waals surface area contributed by atoms with E-state index in [1.807, 2.05) is 18.2 Å². The van der Waals surface area contributed by atoms with Gasteiger partial charge in [0.15, 0.2) is 0 Å². The molecule has 7 heteroatoms. The van der Waals surface area contributed by atoms with E-state index >= 15 is 0 Å². The molecule has 0 fully saturated rings. The van der Waals surface area contributed by atoms with E-state index in [9.17, 15) is 26.3 Å². The lowest BCUT2D eigenvalue weighted by atomic mass is 9.97. The average Bonchev–Trinajstić information content (AvgIpc) is 2.91. The van der Waals surface area contributed by atoms with Crippen LogP contribution in [0.4, 0.5) is 26.3 Å². The summed E-state index contributed by atoms with van der Waals surface area (Å²) in [6, 6.07) is 25.1. The number of halogens is 6. The molecule has 0 bridgehead atoms. The molecule has 4 aromatic rings. The van der Waals surface area contributed by atoms with Gasteiger partial charge in [-0.05, 0) is 85.3 Å². The normalized spacial score (nSPS) is 13.2. The van der Waals surface area contributed by atoms with Crippen molar-refractivity contribution in [2.75, 3.05) is 13.1 Å². The molecule has 0 N–H and O–H groups in total. The maximum Gasteiger partial charge on any atom is 0.416 e. The molecule has 0 heterocycles. The van der Waals surface area contributed by atoms with Gasteiger partial charge in [0.25, 0.3) is 0 Å². The van der Waals surface area contributed by atoms with Crippen molar-refractivity contribution in [2.45, 2.75) is 51.0 Å². The van der Waals surface area contributed by atoms with Gasteiger partial charge in [-0.15, -0.1) is 0 Å². The van der Waals surface area contributed by atoms with Crippen LogP contribution in [0.25, 0.3) is 10.8 Å². The van der Waals surface area contributed by atoms with Crippen LogP contribution >= 0.6 is 0 Å². The van der Waals surface area contributed by atoms with Crippen LogP contribution in [-0.2, 0) is 25.2 Å². The first-order chi connectivity index (χ1) is 18.5. The number of aryl methyl sites for hydroxylation is 2. The van der Waals surface area contributed by atoms with Crippen LogP contribution in [0, 0.1) is 0 Å². The van der Waals surface area contributed by atoms with Gasteiger partial charge in [-0.1, -0.05) is 78.9 Å². The smallest absolute Gasteiger partial charge is 0.297 e. The maximum atomic E-state index is 13.1. The monoisotopic (exact) mass is 543 g/mol. The number of rotatable bonds is 10. The Morgan fingerprint density at radius 2 is 1.10 bits per heavy atom. The molecule has 0 aliphatic carbocycles. The third-order valence-electron chi connectivity index (χ3n) is 7.15.